The van der Waals surface area contributed by atoms with Crippen LogP contribution in [0.4, 0.5) is 14.9 Å². The minimum atomic E-state index is -0.813. The molecule has 0 aliphatic carbocycles. The number of hydrogen-bond donors (Lipinski definition) is 1. The van der Waals surface area contributed by atoms with Crippen LogP contribution in [0.1, 0.15) is 31.9 Å². The summed E-state index contributed by atoms with van der Waals surface area (Å²) < 4.78 is 19.5. The van der Waals surface area contributed by atoms with E-state index in [0.717, 1.165) is 5.56 Å². The van der Waals surface area contributed by atoms with Crippen LogP contribution in [0.2, 0.25) is 5.02 Å². The van der Waals surface area contributed by atoms with E-state index in [1.807, 2.05) is 12.1 Å². The van der Waals surface area contributed by atoms with E-state index in [1.165, 1.54) is 17.8 Å². The van der Waals surface area contributed by atoms with E-state index >= 15 is 0 Å². The van der Waals surface area contributed by atoms with Crippen molar-refractivity contribution in [2.75, 3.05) is 10.7 Å². The molecule has 0 bridgehead atoms. The summed E-state index contributed by atoms with van der Waals surface area (Å²) in [6.45, 7) is 7.22. The number of hydrogen-bond acceptors (Lipinski definition) is 4. The Bertz CT molecular complexity index is 960. The number of alkyl carbamates (subject to hydrolysis) is 1. The first-order valence-corrected chi connectivity index (χ1v) is 10.9. The van der Waals surface area contributed by atoms with Gasteiger partial charge in [-0.25, -0.2) is 9.18 Å². The summed E-state index contributed by atoms with van der Waals surface area (Å²) in [5.74, 6) is -0.348. The third-order valence-corrected chi connectivity index (χ3v) is 6.07. The molecule has 160 valence electrons. The van der Waals surface area contributed by atoms with Gasteiger partial charge in [-0.15, -0.1) is 11.8 Å². The Balaban J connectivity index is 1.94. The average molecular weight is 451 g/mol. The predicted molar refractivity (Wildman–Crippen MR) is 118 cm³/mol. The maximum atomic E-state index is 14.2. The van der Waals surface area contributed by atoms with Gasteiger partial charge in [0.25, 0.3) is 5.91 Å². The molecule has 0 saturated heterocycles. The highest BCUT2D eigenvalue weighted by Gasteiger charge is 2.34. The minimum Gasteiger partial charge on any atom is -0.444 e. The maximum absolute atomic E-state index is 14.2. The molecule has 30 heavy (non-hydrogen) atoms. The topological polar surface area (TPSA) is 58.6 Å². The fourth-order valence-electron chi connectivity index (χ4n) is 3.08. The first kappa shape index (κ1) is 22.4. The molecule has 5 nitrogen and oxygen atoms in total. The first-order chi connectivity index (χ1) is 14.0. The monoisotopic (exact) mass is 450 g/mol. The number of rotatable bonds is 3. The van der Waals surface area contributed by atoms with Crippen molar-refractivity contribution in [3.63, 3.8) is 0 Å². The lowest BCUT2D eigenvalue weighted by Gasteiger charge is -2.27. The molecule has 0 spiro atoms. The van der Waals surface area contributed by atoms with Crippen LogP contribution in [0.25, 0.3) is 0 Å². The number of amides is 2. The molecular formula is C22H24ClFN2O3S. The quantitative estimate of drug-likeness (QED) is 0.687. The van der Waals surface area contributed by atoms with Crippen molar-refractivity contribution in [2.45, 2.75) is 50.8 Å². The van der Waals surface area contributed by atoms with Crippen molar-refractivity contribution in [3.8, 4) is 0 Å². The fraction of sp³-hybridized carbons (Fsp3) is 0.364. The third-order valence-electron chi connectivity index (χ3n) is 4.51. The molecule has 0 saturated carbocycles. The van der Waals surface area contributed by atoms with Crippen LogP contribution >= 0.6 is 23.4 Å². The van der Waals surface area contributed by atoms with Gasteiger partial charge >= 0.3 is 6.09 Å². The number of anilines is 1. The van der Waals surface area contributed by atoms with Crippen LogP contribution in [0.3, 0.4) is 0 Å². The van der Waals surface area contributed by atoms with Gasteiger partial charge in [0.1, 0.15) is 17.5 Å². The largest absolute Gasteiger partial charge is 0.444 e. The molecule has 3 rings (SSSR count). The highest BCUT2D eigenvalue weighted by Crippen LogP contribution is 2.38. The van der Waals surface area contributed by atoms with Crippen molar-refractivity contribution < 1.29 is 18.7 Å². The Morgan fingerprint density at radius 1 is 1.27 bits per heavy atom. The second-order valence-corrected chi connectivity index (χ2v) is 9.55. The number of nitrogens with one attached hydrogen (secondary N) is 1. The Morgan fingerprint density at radius 3 is 2.57 bits per heavy atom. The zero-order valence-corrected chi connectivity index (χ0v) is 18.9. The molecular weight excluding hydrogens is 427 g/mol. The van der Waals surface area contributed by atoms with Crippen molar-refractivity contribution in [2.24, 2.45) is 0 Å². The van der Waals surface area contributed by atoms with E-state index in [0.29, 0.717) is 21.2 Å². The van der Waals surface area contributed by atoms with Crippen molar-refractivity contribution in [1.29, 1.82) is 0 Å². The molecule has 1 atom stereocenters. The first-order valence-electron chi connectivity index (χ1n) is 9.52. The van der Waals surface area contributed by atoms with Gasteiger partial charge in [0.15, 0.2) is 0 Å². The van der Waals surface area contributed by atoms with Gasteiger partial charge < -0.3 is 15.0 Å². The number of benzene rings is 2. The lowest BCUT2D eigenvalue weighted by atomic mass is 10.1. The second-order valence-electron chi connectivity index (χ2n) is 8.08. The van der Waals surface area contributed by atoms with Crippen molar-refractivity contribution >= 4 is 41.1 Å². The van der Waals surface area contributed by atoms with Gasteiger partial charge in [-0.05, 0) is 57.5 Å². The Labute approximate surface area is 184 Å². The number of halogens is 2. The summed E-state index contributed by atoms with van der Waals surface area (Å²) in [5, 5.41) is 3.27. The van der Waals surface area contributed by atoms with Crippen LogP contribution in [0.5, 0.6) is 0 Å². The summed E-state index contributed by atoms with van der Waals surface area (Å²) in [6.07, 6.45) is -0.665. The standard InChI is InChI=1S/C22H24ClFN2O3S/c1-13-16(24)9-10-18-19(13)30-12-17(25-21(28)29-22(2,3)4)20(27)26(18)11-14-5-7-15(23)8-6-14/h5-10,17H,11-12H2,1-4H3,(H,25,28)/t17-/m0/s1. The maximum Gasteiger partial charge on any atom is 0.408 e. The minimum absolute atomic E-state index is 0.265. The summed E-state index contributed by atoms with van der Waals surface area (Å²) in [4.78, 5) is 28.0. The van der Waals surface area contributed by atoms with Crippen LogP contribution < -0.4 is 10.2 Å². The molecule has 8 heteroatoms. The van der Waals surface area contributed by atoms with Gasteiger partial charge in [0.05, 0.1) is 12.2 Å². The number of nitrogens with zero attached hydrogens (tertiary/aromatic N) is 1. The lowest BCUT2D eigenvalue weighted by molar-refractivity contribution is -0.120. The van der Waals surface area contributed by atoms with E-state index in [1.54, 1.807) is 50.8 Å². The molecule has 0 unspecified atom stereocenters. The van der Waals surface area contributed by atoms with Crippen LogP contribution in [-0.4, -0.2) is 29.4 Å². The Kier molecular flexibility index (Phi) is 6.62. The summed E-state index contributed by atoms with van der Waals surface area (Å²) >= 11 is 7.32. The Hall–Kier alpha value is -2.25. The number of carbonyl (C=O) groups is 2. The molecule has 1 heterocycles. The fourth-order valence-corrected chi connectivity index (χ4v) is 4.41. The van der Waals surface area contributed by atoms with E-state index in [2.05, 4.69) is 5.32 Å². The van der Waals surface area contributed by atoms with Crippen molar-refractivity contribution in [1.82, 2.24) is 5.32 Å². The zero-order valence-electron chi connectivity index (χ0n) is 17.3. The smallest absolute Gasteiger partial charge is 0.408 e. The van der Waals surface area contributed by atoms with Crippen LogP contribution in [0, 0.1) is 12.7 Å². The molecule has 2 aromatic rings. The lowest BCUT2D eigenvalue weighted by Crippen LogP contribution is -2.50. The van der Waals surface area contributed by atoms with Crippen molar-refractivity contribution in [3.05, 3.63) is 58.4 Å². The summed E-state index contributed by atoms with van der Waals surface area (Å²) in [5.41, 5.74) is 1.27. The molecule has 2 amide bonds. The molecule has 1 N–H and O–H groups in total. The summed E-state index contributed by atoms with van der Waals surface area (Å²) in [6, 6.07) is 9.32. The number of ether oxygens (including phenoxy) is 1. The van der Waals surface area contributed by atoms with Crippen LogP contribution in [0.15, 0.2) is 41.3 Å². The van der Waals surface area contributed by atoms with E-state index in [4.69, 9.17) is 16.3 Å². The SMILES string of the molecule is Cc1c(F)ccc2c1SC[C@H](NC(=O)OC(C)(C)C)C(=O)N2Cc1ccc(Cl)cc1. The van der Waals surface area contributed by atoms with Crippen LogP contribution in [-0.2, 0) is 16.1 Å². The average Bonchev–Trinajstić information content (AvgIpc) is 2.77. The van der Waals surface area contributed by atoms with E-state index < -0.39 is 17.7 Å². The molecule has 0 radical (unpaired) electrons. The molecule has 0 aromatic heterocycles. The van der Waals surface area contributed by atoms with E-state index in [9.17, 15) is 14.0 Å². The predicted octanol–water partition coefficient (Wildman–Crippen LogP) is 5.32. The number of thioether (sulfide) groups is 1. The molecule has 0 fully saturated rings. The normalized spacial score (nSPS) is 16.7. The third kappa shape index (κ3) is 5.26. The highest BCUT2D eigenvalue weighted by molar-refractivity contribution is 7.99. The molecule has 2 aromatic carbocycles. The highest BCUT2D eigenvalue weighted by atomic mass is 35.5. The zero-order chi connectivity index (χ0) is 22.1. The van der Waals surface area contributed by atoms with Gasteiger partial charge in [-0.2, -0.15) is 0 Å². The number of fused-ring (bicyclic) bond motifs is 1. The van der Waals surface area contributed by atoms with Gasteiger partial charge in [0, 0.05) is 21.2 Å². The van der Waals surface area contributed by atoms with Gasteiger partial charge in [-0.3, -0.25) is 4.79 Å². The van der Waals surface area contributed by atoms with Gasteiger partial charge in [0.2, 0.25) is 0 Å². The Morgan fingerprint density at radius 2 is 1.93 bits per heavy atom. The van der Waals surface area contributed by atoms with E-state index in [-0.39, 0.29) is 24.0 Å². The van der Waals surface area contributed by atoms with Gasteiger partial charge in [-0.1, -0.05) is 23.7 Å². The number of carbonyl (C=O) groups excluding carboxylic acids is 2. The second kappa shape index (κ2) is 8.86. The molecule has 1 aliphatic rings. The molecule has 1 aliphatic heterocycles. The summed E-state index contributed by atoms with van der Waals surface area (Å²) in [7, 11) is 0.